The van der Waals surface area contributed by atoms with Gasteiger partial charge in [-0.2, -0.15) is 5.26 Å². The van der Waals surface area contributed by atoms with Crippen molar-refractivity contribution in [3.63, 3.8) is 0 Å². The number of nitro groups is 1. The molecule has 0 saturated carbocycles. The van der Waals surface area contributed by atoms with E-state index in [1.54, 1.807) is 6.07 Å². The zero-order chi connectivity index (χ0) is 10.6. The Labute approximate surface area is 85.9 Å². The molecule has 0 aromatic heterocycles. The van der Waals surface area contributed by atoms with Gasteiger partial charge >= 0.3 is 0 Å². The summed E-state index contributed by atoms with van der Waals surface area (Å²) in [5.41, 5.74) is 0.643. The van der Waals surface area contributed by atoms with Gasteiger partial charge in [0.1, 0.15) is 5.02 Å². The van der Waals surface area contributed by atoms with Gasteiger partial charge in [0.25, 0.3) is 5.69 Å². The highest BCUT2D eigenvalue weighted by molar-refractivity contribution is 6.32. The molecule has 0 bridgehead atoms. The number of nitriles is 1. The summed E-state index contributed by atoms with van der Waals surface area (Å²) >= 11 is 5.62. The number of halogens is 1. The zero-order valence-corrected chi connectivity index (χ0v) is 7.99. The number of benzene rings is 1. The van der Waals surface area contributed by atoms with Crippen molar-refractivity contribution in [1.29, 1.82) is 5.26 Å². The van der Waals surface area contributed by atoms with Gasteiger partial charge in [-0.25, -0.2) is 0 Å². The Morgan fingerprint density at radius 2 is 2.29 bits per heavy atom. The number of hydrogen-bond donors (Lipinski definition) is 0. The Kier molecular flexibility index (Phi) is 3.43. The van der Waals surface area contributed by atoms with E-state index in [0.717, 1.165) is 5.56 Å². The van der Waals surface area contributed by atoms with Crippen molar-refractivity contribution < 1.29 is 4.92 Å². The fourth-order valence-electron chi connectivity index (χ4n) is 1.05. The second kappa shape index (κ2) is 4.58. The normalized spacial score (nSPS) is 9.43. The maximum atomic E-state index is 10.5. The number of nitrogens with zero attached hydrogens (tertiary/aromatic N) is 2. The zero-order valence-electron chi connectivity index (χ0n) is 7.24. The predicted octanol–water partition coefficient (Wildman–Crippen LogP) is 2.70. The van der Waals surface area contributed by atoms with Crippen molar-refractivity contribution >= 4 is 17.3 Å². The molecule has 1 rings (SSSR count). The Morgan fingerprint density at radius 3 is 2.86 bits per heavy atom. The third-order valence-corrected chi connectivity index (χ3v) is 2.05. The molecule has 0 N–H and O–H groups in total. The lowest BCUT2D eigenvalue weighted by molar-refractivity contribution is -0.384. The van der Waals surface area contributed by atoms with Gasteiger partial charge in [-0.1, -0.05) is 17.7 Å². The minimum absolute atomic E-state index is 0.109. The van der Waals surface area contributed by atoms with Crippen LogP contribution in [0, 0.1) is 21.4 Å². The molecule has 0 heterocycles. The Morgan fingerprint density at radius 1 is 1.57 bits per heavy atom. The highest BCUT2D eigenvalue weighted by atomic mass is 35.5. The average Bonchev–Trinajstić information content (AvgIpc) is 2.16. The first-order chi connectivity index (χ1) is 6.65. The third kappa shape index (κ3) is 2.44. The van der Waals surface area contributed by atoms with Gasteiger partial charge < -0.3 is 0 Å². The van der Waals surface area contributed by atoms with E-state index in [4.69, 9.17) is 16.9 Å². The minimum atomic E-state index is -0.530. The second-order valence-corrected chi connectivity index (χ2v) is 3.11. The van der Waals surface area contributed by atoms with E-state index in [0.29, 0.717) is 12.8 Å². The predicted molar refractivity (Wildman–Crippen MR) is 52.0 cm³/mol. The molecule has 0 fully saturated rings. The van der Waals surface area contributed by atoms with Gasteiger partial charge in [-0.15, -0.1) is 0 Å². The van der Waals surface area contributed by atoms with Crippen LogP contribution in [0.15, 0.2) is 18.2 Å². The van der Waals surface area contributed by atoms with Gasteiger partial charge in [0.2, 0.25) is 0 Å². The molecule has 5 heteroatoms. The lowest BCUT2D eigenvalue weighted by Crippen LogP contribution is -1.91. The van der Waals surface area contributed by atoms with Gasteiger partial charge in [0.05, 0.1) is 11.0 Å². The Balaban J connectivity index is 2.96. The minimum Gasteiger partial charge on any atom is -0.258 e. The summed E-state index contributed by atoms with van der Waals surface area (Å²) in [5.74, 6) is 0. The van der Waals surface area contributed by atoms with Gasteiger partial charge in [-0.05, 0) is 18.1 Å². The summed E-state index contributed by atoms with van der Waals surface area (Å²) in [7, 11) is 0. The van der Waals surface area contributed by atoms with Gasteiger partial charge in [-0.3, -0.25) is 10.1 Å². The van der Waals surface area contributed by atoms with Crippen molar-refractivity contribution in [3.8, 4) is 6.07 Å². The van der Waals surface area contributed by atoms with Crippen LogP contribution in [-0.2, 0) is 6.42 Å². The summed E-state index contributed by atoms with van der Waals surface area (Å²) in [4.78, 5) is 9.97. The van der Waals surface area contributed by atoms with Crippen molar-refractivity contribution in [1.82, 2.24) is 0 Å². The molecule has 0 saturated heterocycles. The molecule has 1 aromatic rings. The first-order valence-electron chi connectivity index (χ1n) is 3.95. The van der Waals surface area contributed by atoms with Crippen LogP contribution in [0.1, 0.15) is 12.0 Å². The fraction of sp³-hybridized carbons (Fsp3) is 0.222. The molecule has 0 aliphatic heterocycles. The van der Waals surface area contributed by atoms with Gasteiger partial charge in [0, 0.05) is 12.5 Å². The van der Waals surface area contributed by atoms with Crippen LogP contribution < -0.4 is 0 Å². The van der Waals surface area contributed by atoms with Crippen molar-refractivity contribution in [2.75, 3.05) is 0 Å². The lowest BCUT2D eigenvalue weighted by atomic mass is 10.1. The topological polar surface area (TPSA) is 66.9 Å². The first kappa shape index (κ1) is 10.5. The highest BCUT2D eigenvalue weighted by Crippen LogP contribution is 2.25. The van der Waals surface area contributed by atoms with Crippen LogP contribution in [-0.4, -0.2) is 4.92 Å². The Hall–Kier alpha value is -1.60. The number of hydrogen-bond acceptors (Lipinski definition) is 3. The summed E-state index contributed by atoms with van der Waals surface area (Å²) in [5, 5.41) is 19.0. The molecule has 0 atom stereocenters. The van der Waals surface area contributed by atoms with Crippen LogP contribution in [0.2, 0.25) is 5.02 Å². The quantitative estimate of drug-likeness (QED) is 0.569. The van der Waals surface area contributed by atoms with Crippen LogP contribution in [0.3, 0.4) is 0 Å². The molecular weight excluding hydrogens is 204 g/mol. The maximum absolute atomic E-state index is 10.5. The summed E-state index contributed by atoms with van der Waals surface area (Å²) in [6.45, 7) is 0. The number of aryl methyl sites for hydroxylation is 1. The molecule has 0 unspecified atom stereocenters. The van der Waals surface area contributed by atoms with E-state index < -0.39 is 4.92 Å². The van der Waals surface area contributed by atoms with E-state index in [1.807, 2.05) is 6.07 Å². The van der Waals surface area contributed by atoms with Gasteiger partial charge in [0.15, 0.2) is 0 Å². The molecule has 0 amide bonds. The SMILES string of the molecule is N#CCCc1ccc(Cl)c([N+](=O)[O-])c1. The Bertz CT molecular complexity index is 398. The summed E-state index contributed by atoms with van der Waals surface area (Å²) in [6.07, 6.45) is 0.854. The molecular formula is C9H7ClN2O2. The van der Waals surface area contributed by atoms with Crippen LogP contribution in [0.5, 0.6) is 0 Å². The molecule has 0 radical (unpaired) electrons. The number of rotatable bonds is 3. The van der Waals surface area contributed by atoms with E-state index in [9.17, 15) is 10.1 Å². The smallest absolute Gasteiger partial charge is 0.258 e. The highest BCUT2D eigenvalue weighted by Gasteiger charge is 2.12. The second-order valence-electron chi connectivity index (χ2n) is 2.70. The van der Waals surface area contributed by atoms with E-state index >= 15 is 0 Å². The van der Waals surface area contributed by atoms with Crippen LogP contribution in [0.4, 0.5) is 5.69 Å². The van der Waals surface area contributed by atoms with Crippen molar-refractivity contribution in [2.45, 2.75) is 12.8 Å². The maximum Gasteiger partial charge on any atom is 0.288 e. The molecule has 0 aliphatic rings. The lowest BCUT2D eigenvalue weighted by Gasteiger charge is -1.98. The molecule has 4 nitrogen and oxygen atoms in total. The first-order valence-corrected chi connectivity index (χ1v) is 4.32. The largest absolute Gasteiger partial charge is 0.288 e. The summed E-state index contributed by atoms with van der Waals surface area (Å²) in [6, 6.07) is 6.54. The molecule has 0 aliphatic carbocycles. The third-order valence-electron chi connectivity index (χ3n) is 1.73. The fourth-order valence-corrected chi connectivity index (χ4v) is 1.24. The van der Waals surface area contributed by atoms with Crippen molar-refractivity contribution in [3.05, 3.63) is 38.9 Å². The van der Waals surface area contributed by atoms with E-state index in [2.05, 4.69) is 0 Å². The molecule has 1 aromatic carbocycles. The average molecular weight is 211 g/mol. The molecule has 0 spiro atoms. The standard InChI is InChI=1S/C9H7ClN2O2/c10-8-4-3-7(2-1-5-11)6-9(8)12(13)14/h3-4,6H,1-2H2. The van der Waals surface area contributed by atoms with E-state index in [-0.39, 0.29) is 10.7 Å². The molecule has 72 valence electrons. The summed E-state index contributed by atoms with van der Waals surface area (Å²) < 4.78 is 0. The van der Waals surface area contributed by atoms with Crippen molar-refractivity contribution in [2.24, 2.45) is 0 Å². The monoisotopic (exact) mass is 210 g/mol. The molecule has 14 heavy (non-hydrogen) atoms. The van der Waals surface area contributed by atoms with Crippen LogP contribution >= 0.6 is 11.6 Å². The van der Waals surface area contributed by atoms with Crippen LogP contribution in [0.25, 0.3) is 0 Å². The number of nitro benzene ring substituents is 1. The van der Waals surface area contributed by atoms with E-state index in [1.165, 1.54) is 12.1 Å².